The Balaban J connectivity index is 1.39. The summed E-state index contributed by atoms with van der Waals surface area (Å²) in [5, 5.41) is 7.74. The van der Waals surface area contributed by atoms with Crippen LogP contribution in [0.25, 0.3) is 0 Å². The molecule has 236 valence electrons. The quantitative estimate of drug-likeness (QED) is 0.352. The number of benzene rings is 2. The Morgan fingerprint density at radius 3 is 2.30 bits per heavy atom. The largest absolute Gasteiger partial charge is 0.444 e. The number of hydrogen-bond donors (Lipinski definition) is 3. The molecule has 2 aliphatic heterocycles. The van der Waals surface area contributed by atoms with Gasteiger partial charge in [0.2, 0.25) is 11.8 Å². The van der Waals surface area contributed by atoms with Gasteiger partial charge in [0, 0.05) is 13.1 Å². The molecule has 0 unspecified atom stereocenters. The summed E-state index contributed by atoms with van der Waals surface area (Å²) in [6, 6.07) is 13.8. The average Bonchev–Trinajstić information content (AvgIpc) is 3.25. The van der Waals surface area contributed by atoms with E-state index in [1.165, 1.54) is 13.8 Å². The molecule has 1 fully saturated rings. The van der Waals surface area contributed by atoms with E-state index >= 15 is 0 Å². The van der Waals surface area contributed by atoms with E-state index in [1.807, 2.05) is 36.4 Å². The minimum atomic E-state index is -1.36. The van der Waals surface area contributed by atoms with Gasteiger partial charge in [-0.3, -0.25) is 24.5 Å². The molecular weight excluding hydrogens is 564 g/mol. The van der Waals surface area contributed by atoms with Crippen molar-refractivity contribution < 1.29 is 33.4 Å². The lowest BCUT2D eigenvalue weighted by Crippen LogP contribution is -2.61. The molecule has 2 aromatic rings. The van der Waals surface area contributed by atoms with Crippen LogP contribution >= 0.6 is 0 Å². The molecule has 0 aliphatic carbocycles. The summed E-state index contributed by atoms with van der Waals surface area (Å²) in [5.41, 5.74) is 0.499. The summed E-state index contributed by atoms with van der Waals surface area (Å²) in [5.74, 6) is -1.35. The molecular formula is C33H42N4O7. The highest BCUT2D eigenvalue weighted by Gasteiger charge is 2.37. The van der Waals surface area contributed by atoms with Crippen molar-refractivity contribution in [1.82, 2.24) is 20.9 Å². The predicted octanol–water partition coefficient (Wildman–Crippen LogP) is 3.36. The SMILES string of the molecule is CC(C)(C)OC(=O)NC(C)(C)C(=O)N[C@H](COCc1ccccc1)C(=O)N1CCC(Cc2cccc3c2C(=O)NC3=O)CC1. The first-order chi connectivity index (χ1) is 20.7. The smallest absolute Gasteiger partial charge is 0.408 e. The van der Waals surface area contributed by atoms with Gasteiger partial charge in [-0.1, -0.05) is 42.5 Å². The van der Waals surface area contributed by atoms with Crippen LogP contribution in [0.15, 0.2) is 48.5 Å². The van der Waals surface area contributed by atoms with E-state index in [0.29, 0.717) is 43.5 Å². The van der Waals surface area contributed by atoms with Gasteiger partial charge in [0.25, 0.3) is 11.8 Å². The van der Waals surface area contributed by atoms with Crippen molar-refractivity contribution in [2.75, 3.05) is 19.7 Å². The first-order valence-corrected chi connectivity index (χ1v) is 14.9. The molecule has 2 aromatic carbocycles. The Morgan fingerprint density at radius 1 is 0.955 bits per heavy atom. The highest BCUT2D eigenvalue weighted by atomic mass is 16.6. The first-order valence-electron chi connectivity index (χ1n) is 14.9. The van der Waals surface area contributed by atoms with Crippen LogP contribution in [-0.2, 0) is 32.1 Å². The molecule has 2 aliphatic rings. The topological polar surface area (TPSA) is 143 Å². The van der Waals surface area contributed by atoms with E-state index in [2.05, 4.69) is 16.0 Å². The number of likely N-dealkylation sites (tertiary alicyclic amines) is 1. The highest BCUT2D eigenvalue weighted by Crippen LogP contribution is 2.27. The van der Waals surface area contributed by atoms with Gasteiger partial charge >= 0.3 is 6.09 Å². The molecule has 5 amide bonds. The number of rotatable bonds is 10. The van der Waals surface area contributed by atoms with Gasteiger partial charge in [0.05, 0.1) is 24.3 Å². The van der Waals surface area contributed by atoms with Crippen LogP contribution in [0.5, 0.6) is 0 Å². The maximum absolute atomic E-state index is 13.7. The fourth-order valence-corrected chi connectivity index (χ4v) is 5.35. The normalized spacial score (nSPS) is 16.2. The zero-order chi connectivity index (χ0) is 32.1. The summed E-state index contributed by atoms with van der Waals surface area (Å²) in [6.07, 6.45) is 1.27. The van der Waals surface area contributed by atoms with Gasteiger partial charge in [0.15, 0.2) is 0 Å². The van der Waals surface area contributed by atoms with Crippen molar-refractivity contribution in [3.05, 3.63) is 70.8 Å². The van der Waals surface area contributed by atoms with Crippen molar-refractivity contribution in [2.24, 2.45) is 5.92 Å². The monoisotopic (exact) mass is 606 g/mol. The van der Waals surface area contributed by atoms with Crippen molar-refractivity contribution in [2.45, 2.75) is 77.7 Å². The number of piperidine rings is 1. The fraction of sp³-hybridized carbons (Fsp3) is 0.485. The number of hydrogen-bond acceptors (Lipinski definition) is 7. The number of fused-ring (bicyclic) bond motifs is 1. The molecule has 3 N–H and O–H groups in total. The zero-order valence-corrected chi connectivity index (χ0v) is 26.0. The molecule has 0 radical (unpaired) electrons. The van der Waals surface area contributed by atoms with E-state index < -0.39 is 29.2 Å². The summed E-state index contributed by atoms with van der Waals surface area (Å²) in [7, 11) is 0. The third kappa shape index (κ3) is 8.43. The number of ether oxygens (including phenoxy) is 2. The summed E-state index contributed by atoms with van der Waals surface area (Å²) < 4.78 is 11.2. The van der Waals surface area contributed by atoms with E-state index in [1.54, 1.807) is 37.8 Å². The van der Waals surface area contributed by atoms with Crippen LogP contribution in [0.3, 0.4) is 0 Å². The summed E-state index contributed by atoms with van der Waals surface area (Å²) in [4.78, 5) is 65.6. The van der Waals surface area contributed by atoms with Gasteiger partial charge in [-0.15, -0.1) is 0 Å². The van der Waals surface area contributed by atoms with Crippen molar-refractivity contribution in [1.29, 1.82) is 0 Å². The number of alkyl carbamates (subject to hydrolysis) is 1. The van der Waals surface area contributed by atoms with E-state index in [-0.39, 0.29) is 36.9 Å². The van der Waals surface area contributed by atoms with Crippen molar-refractivity contribution in [3.63, 3.8) is 0 Å². The molecule has 4 rings (SSSR count). The molecule has 44 heavy (non-hydrogen) atoms. The zero-order valence-electron chi connectivity index (χ0n) is 26.0. The van der Waals surface area contributed by atoms with Crippen LogP contribution in [0, 0.1) is 5.92 Å². The molecule has 11 nitrogen and oxygen atoms in total. The number of nitrogens with one attached hydrogen (secondary N) is 3. The minimum absolute atomic E-state index is 0.0544. The van der Waals surface area contributed by atoms with Crippen LogP contribution in [0.4, 0.5) is 4.79 Å². The first kappa shape index (κ1) is 32.7. The summed E-state index contributed by atoms with van der Waals surface area (Å²) >= 11 is 0. The van der Waals surface area contributed by atoms with Crippen LogP contribution < -0.4 is 16.0 Å². The molecule has 0 spiro atoms. The van der Waals surface area contributed by atoms with Crippen molar-refractivity contribution in [3.8, 4) is 0 Å². The molecule has 11 heteroatoms. The fourth-order valence-electron chi connectivity index (χ4n) is 5.35. The van der Waals surface area contributed by atoms with E-state index in [9.17, 15) is 24.0 Å². The average molecular weight is 607 g/mol. The standard InChI is InChI=1S/C33H42N4O7/c1-32(2,3)44-31(42)36-33(4,5)30(41)34-25(20-43-19-22-10-7-6-8-11-22)29(40)37-16-14-21(15-17-37)18-23-12-9-13-24-26(23)28(39)35-27(24)38/h6-13,21,25H,14-20H2,1-5H3,(H,34,41)(H,36,42)(H,35,38,39)/t25-/m1/s1. The maximum Gasteiger partial charge on any atom is 0.408 e. The third-order valence-corrected chi connectivity index (χ3v) is 7.66. The van der Waals surface area contributed by atoms with Gasteiger partial charge < -0.3 is 25.0 Å². The minimum Gasteiger partial charge on any atom is -0.444 e. The van der Waals surface area contributed by atoms with E-state index in [4.69, 9.17) is 9.47 Å². The van der Waals surface area contributed by atoms with Crippen molar-refractivity contribution >= 4 is 29.7 Å². The number of imide groups is 1. The molecule has 1 atom stereocenters. The van der Waals surface area contributed by atoms with Gasteiger partial charge in [0.1, 0.15) is 17.2 Å². The van der Waals surface area contributed by atoms with Crippen LogP contribution in [0.2, 0.25) is 0 Å². The molecule has 0 saturated carbocycles. The Morgan fingerprint density at radius 2 is 1.64 bits per heavy atom. The second-order valence-corrected chi connectivity index (χ2v) is 12.9. The Kier molecular flexibility index (Phi) is 10.1. The van der Waals surface area contributed by atoms with Gasteiger partial charge in [-0.25, -0.2) is 4.79 Å². The highest BCUT2D eigenvalue weighted by molar-refractivity contribution is 6.22. The molecule has 0 aromatic heterocycles. The molecule has 0 bridgehead atoms. The Bertz CT molecular complexity index is 1390. The number of nitrogens with zero attached hydrogens (tertiary/aromatic N) is 1. The summed E-state index contributed by atoms with van der Waals surface area (Å²) in [6.45, 7) is 9.41. The van der Waals surface area contributed by atoms with E-state index in [0.717, 1.165) is 11.1 Å². The molecule has 2 heterocycles. The second-order valence-electron chi connectivity index (χ2n) is 12.9. The maximum atomic E-state index is 13.7. The Labute approximate surface area is 258 Å². The third-order valence-electron chi connectivity index (χ3n) is 7.66. The van der Waals surface area contributed by atoms with Crippen LogP contribution in [0.1, 0.15) is 79.3 Å². The van der Waals surface area contributed by atoms with Gasteiger partial charge in [-0.2, -0.15) is 0 Å². The lowest BCUT2D eigenvalue weighted by molar-refractivity contribution is -0.140. The predicted molar refractivity (Wildman–Crippen MR) is 163 cm³/mol. The lowest BCUT2D eigenvalue weighted by Gasteiger charge is -2.35. The Hall–Kier alpha value is -4.25. The lowest BCUT2D eigenvalue weighted by atomic mass is 9.87. The van der Waals surface area contributed by atoms with Crippen LogP contribution in [-0.4, -0.2) is 71.5 Å². The number of carbonyl (C=O) groups is 5. The number of carbonyl (C=O) groups excluding carboxylic acids is 5. The second kappa shape index (κ2) is 13.6. The molecule has 1 saturated heterocycles. The van der Waals surface area contributed by atoms with Gasteiger partial charge in [-0.05, 0) is 77.0 Å². The number of amides is 5.